The molecule has 0 bridgehead atoms. The Kier molecular flexibility index (Phi) is 6.97. The Morgan fingerprint density at radius 3 is 2.45 bits per heavy atom. The molecule has 0 unspecified atom stereocenters. The number of rotatable bonds is 7. The molecule has 0 atom stereocenters. The topological polar surface area (TPSA) is 55.8 Å². The highest BCUT2D eigenvalue weighted by Crippen LogP contribution is 1.79. The third-order valence-electron chi connectivity index (χ3n) is 0.819. The van der Waals surface area contributed by atoms with Crippen LogP contribution in [0.1, 0.15) is 0 Å². The Bertz CT molecular complexity index is 107. The largest absolute Gasteiger partial charge is 0.480 e. The summed E-state index contributed by atoms with van der Waals surface area (Å²) in [7, 11) is 0. The fourth-order valence-electron chi connectivity index (χ4n) is 0.434. The Balaban J connectivity index is 2.85. The molecule has 1 N–H and O–H groups in total. The zero-order valence-corrected chi connectivity index (χ0v) is 6.09. The van der Waals surface area contributed by atoms with Gasteiger partial charge in [0.1, 0.15) is 13.3 Å². The van der Waals surface area contributed by atoms with Gasteiger partial charge in [0.2, 0.25) is 0 Å². The Morgan fingerprint density at radius 1 is 1.27 bits per heavy atom. The molecule has 0 spiro atoms. The van der Waals surface area contributed by atoms with E-state index in [2.05, 4.69) is 9.47 Å². The molecule has 0 aromatic carbocycles. The van der Waals surface area contributed by atoms with Gasteiger partial charge in [0.25, 0.3) is 0 Å². The molecule has 0 saturated heterocycles. The fourth-order valence-corrected chi connectivity index (χ4v) is 0.434. The van der Waals surface area contributed by atoms with E-state index in [0.717, 1.165) is 0 Å². The van der Waals surface area contributed by atoms with Crippen molar-refractivity contribution >= 4 is 5.97 Å². The molecule has 66 valence electrons. The van der Waals surface area contributed by atoms with Crippen molar-refractivity contribution in [2.75, 3.05) is 33.1 Å². The smallest absolute Gasteiger partial charge is 0.329 e. The number of carboxylic acids is 1. The molecule has 0 aromatic heterocycles. The van der Waals surface area contributed by atoms with E-state index >= 15 is 0 Å². The average molecular weight is 166 g/mol. The van der Waals surface area contributed by atoms with Gasteiger partial charge in [-0.1, -0.05) is 0 Å². The molecule has 0 aromatic rings. The highest BCUT2D eigenvalue weighted by Gasteiger charge is 1.94. The zero-order valence-electron chi connectivity index (χ0n) is 6.09. The number of aliphatic carboxylic acids is 1. The number of ether oxygens (including phenoxy) is 2. The molecule has 5 heteroatoms. The van der Waals surface area contributed by atoms with Gasteiger partial charge >= 0.3 is 5.97 Å². The van der Waals surface area contributed by atoms with E-state index < -0.39 is 12.6 Å². The second kappa shape index (κ2) is 7.43. The van der Waals surface area contributed by atoms with Gasteiger partial charge in [0.05, 0.1) is 19.8 Å². The Morgan fingerprint density at radius 2 is 1.91 bits per heavy atom. The number of hydrogen-bond acceptors (Lipinski definition) is 3. The Hall–Kier alpha value is -0.680. The van der Waals surface area contributed by atoms with E-state index in [1.807, 2.05) is 0 Å². The van der Waals surface area contributed by atoms with Gasteiger partial charge < -0.3 is 14.6 Å². The van der Waals surface area contributed by atoms with E-state index in [4.69, 9.17) is 5.11 Å². The van der Waals surface area contributed by atoms with Crippen molar-refractivity contribution in [3.05, 3.63) is 0 Å². The molecule has 0 aliphatic carbocycles. The molecule has 0 aliphatic heterocycles. The molecule has 0 radical (unpaired) electrons. The van der Waals surface area contributed by atoms with E-state index in [0.29, 0.717) is 0 Å². The molecule has 0 rings (SSSR count). The summed E-state index contributed by atoms with van der Waals surface area (Å²) in [5.41, 5.74) is 0. The standard InChI is InChI=1S/C6H11FO4/c7-1-2-10-3-4-11-5-6(8)9/h1-5H2,(H,8,9). The van der Waals surface area contributed by atoms with Gasteiger partial charge in [0.15, 0.2) is 0 Å². The van der Waals surface area contributed by atoms with E-state index in [1.165, 1.54) is 0 Å². The number of alkyl halides is 1. The summed E-state index contributed by atoms with van der Waals surface area (Å²) in [5, 5.41) is 8.09. The minimum Gasteiger partial charge on any atom is -0.480 e. The van der Waals surface area contributed by atoms with Gasteiger partial charge in [-0.05, 0) is 0 Å². The molecule has 0 heterocycles. The molecule has 4 nitrogen and oxygen atoms in total. The first-order valence-corrected chi connectivity index (χ1v) is 3.20. The maximum Gasteiger partial charge on any atom is 0.329 e. The normalized spacial score (nSPS) is 9.91. The summed E-state index contributed by atoms with van der Waals surface area (Å²) in [6, 6.07) is 0. The van der Waals surface area contributed by atoms with Crippen molar-refractivity contribution in [2.24, 2.45) is 0 Å². The van der Waals surface area contributed by atoms with Crippen LogP contribution >= 0.6 is 0 Å². The Labute approximate surface area is 63.9 Å². The summed E-state index contributed by atoms with van der Waals surface area (Å²) in [4.78, 5) is 9.86. The maximum absolute atomic E-state index is 11.4. The van der Waals surface area contributed by atoms with Crippen LogP contribution in [0.4, 0.5) is 4.39 Å². The van der Waals surface area contributed by atoms with Crippen molar-refractivity contribution < 1.29 is 23.8 Å². The van der Waals surface area contributed by atoms with Gasteiger partial charge in [-0.3, -0.25) is 0 Å². The van der Waals surface area contributed by atoms with Crippen molar-refractivity contribution in [1.29, 1.82) is 0 Å². The maximum atomic E-state index is 11.4. The van der Waals surface area contributed by atoms with Crippen LogP contribution in [0.3, 0.4) is 0 Å². The summed E-state index contributed by atoms with van der Waals surface area (Å²) in [5.74, 6) is -1.02. The quantitative estimate of drug-likeness (QED) is 0.544. The summed E-state index contributed by atoms with van der Waals surface area (Å²) in [6.45, 7) is -0.405. The zero-order chi connectivity index (χ0) is 8.53. The highest BCUT2D eigenvalue weighted by atomic mass is 19.1. The summed E-state index contributed by atoms with van der Waals surface area (Å²) >= 11 is 0. The summed E-state index contributed by atoms with van der Waals surface area (Å²) < 4.78 is 20.6. The average Bonchev–Trinajstić information content (AvgIpc) is 1.96. The van der Waals surface area contributed by atoms with Crippen LogP contribution in [0.15, 0.2) is 0 Å². The first-order valence-electron chi connectivity index (χ1n) is 3.20. The lowest BCUT2D eigenvalue weighted by Crippen LogP contribution is -2.11. The van der Waals surface area contributed by atoms with Crippen LogP contribution in [0.2, 0.25) is 0 Å². The molecule has 0 fully saturated rings. The predicted molar refractivity (Wildman–Crippen MR) is 35.2 cm³/mol. The molecular formula is C6H11FO4. The lowest BCUT2D eigenvalue weighted by atomic mass is 10.7. The van der Waals surface area contributed by atoms with Crippen molar-refractivity contribution in [3.8, 4) is 0 Å². The van der Waals surface area contributed by atoms with Gasteiger partial charge in [-0.15, -0.1) is 0 Å². The van der Waals surface area contributed by atoms with Crippen LogP contribution in [0.5, 0.6) is 0 Å². The van der Waals surface area contributed by atoms with Gasteiger partial charge in [-0.25, -0.2) is 9.18 Å². The fraction of sp³-hybridized carbons (Fsp3) is 0.833. The van der Waals surface area contributed by atoms with E-state index in [-0.39, 0.29) is 26.4 Å². The van der Waals surface area contributed by atoms with Crippen LogP contribution in [0.25, 0.3) is 0 Å². The number of hydrogen-bond donors (Lipinski definition) is 1. The third kappa shape index (κ3) is 9.32. The van der Waals surface area contributed by atoms with Crippen LogP contribution in [-0.4, -0.2) is 44.2 Å². The van der Waals surface area contributed by atoms with Crippen molar-refractivity contribution in [1.82, 2.24) is 0 Å². The molecule has 0 saturated carbocycles. The number of carboxylic acid groups (broad SMARTS) is 1. The SMILES string of the molecule is O=C(O)COCCOCCF. The van der Waals surface area contributed by atoms with Crippen LogP contribution in [0, 0.1) is 0 Å². The number of halogens is 1. The van der Waals surface area contributed by atoms with Gasteiger partial charge in [-0.2, -0.15) is 0 Å². The monoisotopic (exact) mass is 166 g/mol. The second-order valence-corrected chi connectivity index (χ2v) is 1.75. The van der Waals surface area contributed by atoms with Crippen LogP contribution < -0.4 is 0 Å². The predicted octanol–water partition coefficient (Wildman–Crippen LogP) is 0.0737. The minimum absolute atomic E-state index is 0.0381. The minimum atomic E-state index is -1.02. The molecular weight excluding hydrogens is 155 g/mol. The summed E-state index contributed by atoms with van der Waals surface area (Å²) in [6.07, 6.45) is 0. The number of carbonyl (C=O) groups is 1. The van der Waals surface area contributed by atoms with E-state index in [1.54, 1.807) is 0 Å². The highest BCUT2D eigenvalue weighted by molar-refractivity contribution is 5.67. The second-order valence-electron chi connectivity index (χ2n) is 1.75. The molecule has 0 aliphatic rings. The van der Waals surface area contributed by atoms with Gasteiger partial charge in [0, 0.05) is 0 Å². The van der Waals surface area contributed by atoms with E-state index in [9.17, 15) is 9.18 Å². The molecule has 0 amide bonds. The first-order chi connectivity index (χ1) is 5.27. The van der Waals surface area contributed by atoms with Crippen LogP contribution in [-0.2, 0) is 14.3 Å². The first kappa shape index (κ1) is 10.3. The lowest BCUT2D eigenvalue weighted by Gasteiger charge is -2.00. The lowest BCUT2D eigenvalue weighted by molar-refractivity contribution is -0.142. The third-order valence-corrected chi connectivity index (χ3v) is 0.819. The van der Waals surface area contributed by atoms with Crippen molar-refractivity contribution in [2.45, 2.75) is 0 Å². The molecule has 11 heavy (non-hydrogen) atoms. The van der Waals surface area contributed by atoms with Crippen molar-refractivity contribution in [3.63, 3.8) is 0 Å².